The average molecular weight is 690 g/mol. The van der Waals surface area contributed by atoms with E-state index in [1.54, 1.807) is 0 Å². The zero-order chi connectivity index (χ0) is 31.5. The van der Waals surface area contributed by atoms with Crippen molar-refractivity contribution in [1.82, 2.24) is 0 Å². The molecule has 0 bridgehead atoms. The van der Waals surface area contributed by atoms with Crippen molar-refractivity contribution in [3.8, 4) is 28.7 Å². The number of benzene rings is 5. The summed E-state index contributed by atoms with van der Waals surface area (Å²) in [5, 5.41) is 0. The monoisotopic (exact) mass is 689 g/mol. The summed E-state index contributed by atoms with van der Waals surface area (Å²) in [6, 6.07) is 47.3. The number of halogens is 1. The molecule has 0 radical (unpaired) electrons. The van der Waals surface area contributed by atoms with Crippen molar-refractivity contribution in [1.29, 1.82) is 0 Å². The van der Waals surface area contributed by atoms with Crippen LogP contribution in [-0.4, -0.2) is 17.4 Å². The fraction of sp³-hybridized carbons (Fsp3) is 0.118. The van der Waals surface area contributed by atoms with Gasteiger partial charge in [0.2, 0.25) is 7.28 Å². The van der Waals surface area contributed by atoms with E-state index in [0.717, 1.165) is 0 Å². The minimum atomic E-state index is -3.56. The first-order chi connectivity index (χ1) is 22.5. The van der Waals surface area contributed by atoms with Gasteiger partial charge in [0.25, 0.3) is 0 Å². The summed E-state index contributed by atoms with van der Waals surface area (Å²) in [5.41, 5.74) is 0. The summed E-state index contributed by atoms with van der Waals surface area (Å²) in [5.74, 6) is 1.25. The summed E-state index contributed by atoms with van der Waals surface area (Å²) in [7, 11) is -6.36. The molecule has 12 heteroatoms. The Morgan fingerprint density at radius 3 is 1.35 bits per heavy atom. The predicted octanol–water partition coefficient (Wildman–Crippen LogP) is 11.7. The van der Waals surface area contributed by atoms with Gasteiger partial charge < -0.3 is 22.8 Å². The highest BCUT2D eigenvalue weighted by Gasteiger charge is 2.68. The van der Waals surface area contributed by atoms with E-state index in [2.05, 4.69) is 0 Å². The van der Waals surface area contributed by atoms with Crippen molar-refractivity contribution in [2.75, 3.05) is 0 Å². The Labute approximate surface area is 273 Å². The molecule has 0 saturated carbocycles. The maximum absolute atomic E-state index is 7.51. The normalized spacial score (nSPS) is 25.8. The highest BCUT2D eigenvalue weighted by Crippen LogP contribution is 2.83. The van der Waals surface area contributed by atoms with Crippen molar-refractivity contribution in [3.63, 3.8) is 0 Å². The molecule has 7 rings (SSSR count). The minimum Gasteiger partial charge on any atom is -0.478 e. The Bertz CT molecular complexity index is 1910. The number of hydrogen-bond acceptors (Lipinski definition) is 8. The van der Waals surface area contributed by atoms with Crippen molar-refractivity contribution in [2.45, 2.75) is 24.3 Å². The van der Waals surface area contributed by atoms with E-state index in [1.807, 2.05) is 159 Å². The molecule has 5 aromatic rings. The third kappa shape index (κ3) is 6.63. The molecule has 8 nitrogen and oxygen atoms in total. The summed E-state index contributed by atoms with van der Waals surface area (Å²) < 4.78 is 49.3. The van der Waals surface area contributed by atoms with Gasteiger partial charge in [-0.1, -0.05) is 91.0 Å². The molecule has 1 fully saturated rings. The first-order valence-electron chi connectivity index (χ1n) is 14.7. The van der Waals surface area contributed by atoms with Gasteiger partial charge in [0.05, 0.1) is 0 Å². The number of rotatable bonds is 10. The van der Waals surface area contributed by atoms with Crippen LogP contribution in [0.15, 0.2) is 166 Å². The Morgan fingerprint density at radius 2 is 0.891 bits per heavy atom. The Morgan fingerprint density at radius 1 is 0.500 bits per heavy atom. The average Bonchev–Trinajstić information content (AvgIpc) is 3.62. The molecule has 46 heavy (non-hydrogen) atoms. The van der Waals surface area contributed by atoms with Gasteiger partial charge in [0, 0.05) is 0 Å². The molecule has 2 heterocycles. The lowest BCUT2D eigenvalue weighted by molar-refractivity contribution is 0.312. The summed E-state index contributed by atoms with van der Waals surface area (Å²) >= 11 is 7.51. The Kier molecular flexibility index (Phi) is 8.72. The van der Waals surface area contributed by atoms with E-state index in [-0.39, 0.29) is 0 Å². The zero-order valence-electron chi connectivity index (χ0n) is 24.8. The van der Waals surface area contributed by atoms with Gasteiger partial charge in [-0.25, -0.2) is 9.49 Å². The van der Waals surface area contributed by atoms with Gasteiger partial charge in [0.15, 0.2) is 17.4 Å². The van der Waals surface area contributed by atoms with Gasteiger partial charge in [-0.15, -0.1) is 4.52 Å². The Hall–Kier alpha value is -3.92. The maximum atomic E-state index is 7.51. The van der Waals surface area contributed by atoms with Gasteiger partial charge >= 0.3 is 14.3 Å². The topological polar surface area (TPSA) is 83.2 Å². The zero-order valence-corrected chi connectivity index (χ0v) is 28.2. The van der Waals surface area contributed by atoms with E-state index >= 15 is 0 Å². The molecule has 0 aromatic heterocycles. The molecule has 0 aliphatic carbocycles. The molecular formula is C34H31ClN3O5P3. The van der Waals surface area contributed by atoms with Crippen LogP contribution in [0.2, 0.25) is 0 Å². The molecule has 1 saturated heterocycles. The first-order valence-corrected chi connectivity index (χ1v) is 20.7. The highest BCUT2D eigenvalue weighted by molar-refractivity contribution is 7.90. The lowest BCUT2D eigenvalue weighted by atomic mass is 10.3. The molecule has 5 atom stereocenters. The molecule has 5 aromatic carbocycles. The van der Waals surface area contributed by atoms with Crippen LogP contribution in [0.4, 0.5) is 0 Å². The molecule has 234 valence electrons. The van der Waals surface area contributed by atoms with Crippen LogP contribution in [0, 0.1) is 0 Å². The molecule has 2 aliphatic rings. The second-order valence-corrected chi connectivity index (χ2v) is 18.9. The number of nitrogens with zero attached hydrogens (tertiary/aromatic N) is 3. The molecular weight excluding hydrogens is 659 g/mol. The van der Waals surface area contributed by atoms with Crippen LogP contribution < -0.4 is 22.8 Å². The van der Waals surface area contributed by atoms with E-state index in [1.165, 1.54) is 0 Å². The Balaban J connectivity index is 1.45. The van der Waals surface area contributed by atoms with Gasteiger partial charge in [-0.3, -0.25) is 0 Å². The largest absolute Gasteiger partial charge is 0.478 e. The van der Waals surface area contributed by atoms with Gasteiger partial charge in [0.1, 0.15) is 28.7 Å². The van der Waals surface area contributed by atoms with Crippen LogP contribution >= 0.6 is 32.8 Å². The minimum absolute atomic E-state index is 0.523. The smallest absolute Gasteiger partial charge is 0.347 e. The molecule has 5 unspecified atom stereocenters. The van der Waals surface area contributed by atoms with Crippen molar-refractivity contribution >= 4 is 32.8 Å². The van der Waals surface area contributed by atoms with Crippen LogP contribution in [0.1, 0.15) is 6.92 Å². The molecule has 0 N–H and O–H groups in total. The number of para-hydroxylation sites is 5. The van der Waals surface area contributed by atoms with E-state index in [0.29, 0.717) is 28.7 Å². The van der Waals surface area contributed by atoms with Crippen LogP contribution in [-0.2, 0) is 0 Å². The summed E-state index contributed by atoms with van der Waals surface area (Å²) in [6.45, 7) is -1.63. The van der Waals surface area contributed by atoms with E-state index in [4.69, 9.17) is 48.1 Å². The van der Waals surface area contributed by atoms with E-state index < -0.39 is 39.0 Å². The van der Waals surface area contributed by atoms with Crippen LogP contribution in [0.3, 0.4) is 0 Å². The molecule has 0 amide bonds. The summed E-state index contributed by atoms with van der Waals surface area (Å²) in [6.07, 6.45) is 0. The highest BCUT2D eigenvalue weighted by atomic mass is 35.7. The standard InChI is InChI=1S/C34H31ClN3O5P3/c1-27-36-44(40-29-19-9-3-10-20-29)33(34(44)39-28-17-7-2-8-18-28)37-46(35,43-32-25-15-6-16-26-32)38-45(27,41-30-21-11-4-12-22-30)42-31-23-13-5-14-24-31/h2-27,33-34H,1H3. The van der Waals surface area contributed by atoms with Crippen molar-refractivity contribution in [2.24, 2.45) is 14.0 Å². The molecule has 2 aliphatic heterocycles. The van der Waals surface area contributed by atoms with Crippen molar-refractivity contribution < 1.29 is 22.8 Å². The summed E-state index contributed by atoms with van der Waals surface area (Å²) in [4.78, 5) is 0. The maximum Gasteiger partial charge on any atom is 0.347 e. The van der Waals surface area contributed by atoms with Gasteiger partial charge in [-0.2, -0.15) is 0 Å². The predicted molar refractivity (Wildman–Crippen MR) is 186 cm³/mol. The van der Waals surface area contributed by atoms with Crippen LogP contribution in [0.5, 0.6) is 28.7 Å². The quantitative estimate of drug-likeness (QED) is 0.136. The SMILES string of the molecule is CC1N=P2(Oc3ccccc3)C(N=P(Cl)(Oc3ccccc3)N=P1(Oc1ccccc1)Oc1ccccc1)C2Oc1ccccc1. The lowest BCUT2D eigenvalue weighted by Gasteiger charge is -2.31. The fourth-order valence-electron chi connectivity index (χ4n) is 4.94. The second-order valence-electron chi connectivity index (χ2n) is 10.5. The van der Waals surface area contributed by atoms with E-state index in [9.17, 15) is 0 Å². The number of hydrogen-bond donors (Lipinski definition) is 0. The fourth-order valence-corrected chi connectivity index (χ4v) is 15.9. The van der Waals surface area contributed by atoms with Gasteiger partial charge in [-0.05, 0) is 78.8 Å². The number of ether oxygens (including phenoxy) is 1. The first kappa shape index (κ1) is 30.7. The van der Waals surface area contributed by atoms with Crippen LogP contribution in [0.25, 0.3) is 0 Å². The molecule has 0 spiro atoms. The number of fused-ring (bicyclic) bond motifs is 1. The second kappa shape index (κ2) is 13.1. The lowest BCUT2D eigenvalue weighted by Crippen LogP contribution is -2.13. The van der Waals surface area contributed by atoms with Crippen molar-refractivity contribution in [3.05, 3.63) is 152 Å². The third-order valence-electron chi connectivity index (χ3n) is 7.14. The third-order valence-corrected chi connectivity index (χ3v) is 16.6.